The number of fused-ring (bicyclic) bond motifs is 1. The third-order valence-electron chi connectivity index (χ3n) is 6.53. The number of carboxylic acid groups (broad SMARTS) is 1. The van der Waals surface area contributed by atoms with Crippen molar-refractivity contribution in [3.8, 4) is 0 Å². The number of nitrogens with zero attached hydrogens (tertiary/aromatic N) is 4. The lowest BCUT2D eigenvalue weighted by Crippen LogP contribution is -2.55. The maximum atomic E-state index is 15.5. The fourth-order valence-electron chi connectivity index (χ4n) is 4.76. The van der Waals surface area contributed by atoms with E-state index in [-0.39, 0.29) is 39.9 Å². The Bertz CT molecular complexity index is 1250. The van der Waals surface area contributed by atoms with Gasteiger partial charge in [-0.05, 0) is 45.4 Å². The van der Waals surface area contributed by atoms with Crippen molar-refractivity contribution >= 4 is 34.6 Å². The zero-order valence-corrected chi connectivity index (χ0v) is 22.1. The number of carbonyl (C=O) groups is 2. The molecule has 1 unspecified atom stereocenters. The van der Waals surface area contributed by atoms with Gasteiger partial charge in [-0.3, -0.25) is 14.7 Å². The van der Waals surface area contributed by atoms with Gasteiger partial charge in [0.15, 0.2) is 5.17 Å². The third kappa shape index (κ3) is 5.35. The van der Waals surface area contributed by atoms with Crippen LogP contribution < -0.4 is 5.32 Å². The first-order valence-electron chi connectivity index (χ1n) is 11.9. The van der Waals surface area contributed by atoms with Crippen molar-refractivity contribution in [3.05, 3.63) is 53.4 Å². The fourth-order valence-corrected chi connectivity index (χ4v) is 6.29. The molecule has 13 heteroatoms. The van der Waals surface area contributed by atoms with Crippen LogP contribution in [0.2, 0.25) is 0 Å². The molecule has 0 radical (unpaired) electrons. The average molecular weight is 552 g/mol. The Morgan fingerprint density at radius 1 is 1.26 bits per heavy atom. The molecule has 0 saturated carbocycles. The van der Waals surface area contributed by atoms with E-state index in [1.54, 1.807) is 20.8 Å². The van der Waals surface area contributed by atoms with Crippen LogP contribution in [0.4, 0.5) is 23.7 Å². The molecule has 4 rings (SSSR count). The van der Waals surface area contributed by atoms with Gasteiger partial charge in [0.2, 0.25) is 0 Å². The number of aromatic nitrogens is 2. The first kappa shape index (κ1) is 27.8. The Kier molecular flexibility index (Phi) is 7.71. The number of benzene rings is 1. The molecule has 204 valence electrons. The van der Waals surface area contributed by atoms with Gasteiger partial charge in [-0.25, -0.2) is 27.9 Å². The van der Waals surface area contributed by atoms with Gasteiger partial charge in [0.1, 0.15) is 22.7 Å². The van der Waals surface area contributed by atoms with Crippen LogP contribution in [0.5, 0.6) is 0 Å². The molecule has 9 nitrogen and oxygen atoms in total. The molecule has 1 saturated heterocycles. The lowest BCUT2D eigenvalue weighted by Gasteiger charge is -2.49. The zero-order valence-electron chi connectivity index (χ0n) is 21.2. The van der Waals surface area contributed by atoms with E-state index in [0.29, 0.717) is 13.0 Å². The summed E-state index contributed by atoms with van der Waals surface area (Å²) >= 11 is 1.33. The number of halogens is 3. The van der Waals surface area contributed by atoms with Gasteiger partial charge in [-0.2, -0.15) is 0 Å². The maximum Gasteiger partial charge on any atom is 0.413 e. The van der Waals surface area contributed by atoms with E-state index in [9.17, 15) is 23.5 Å². The standard InChI is InChI=1S/C25H28F3N5O4S/c1-13-15-7-8-37-12-25(15,32-22(38-13)33(23(35)36)24(2,3)4)16-9-14(5-6-17(16)26)31-21(34)19-11-29-18(10-30-19)20(27)28/h5-6,9-11,13,15,20H,7-8,12H2,1-4H3,(H,31,34)(H,35,36)/t13?,15-,25-/m0/s1. The summed E-state index contributed by atoms with van der Waals surface area (Å²) in [5.74, 6) is -1.47. The fraction of sp³-hybridized carbons (Fsp3) is 0.480. The van der Waals surface area contributed by atoms with Crippen LogP contribution in [0.1, 0.15) is 62.3 Å². The predicted molar refractivity (Wildman–Crippen MR) is 136 cm³/mol. The van der Waals surface area contributed by atoms with Crippen molar-refractivity contribution in [2.24, 2.45) is 10.9 Å². The van der Waals surface area contributed by atoms with E-state index >= 15 is 4.39 Å². The molecule has 1 fully saturated rings. The molecule has 2 aliphatic rings. The molecule has 2 amide bonds. The van der Waals surface area contributed by atoms with Crippen LogP contribution in [0, 0.1) is 11.7 Å². The number of carbonyl (C=O) groups excluding carboxylic acids is 1. The van der Waals surface area contributed by atoms with E-state index in [0.717, 1.165) is 12.4 Å². The number of ether oxygens (including phenoxy) is 1. The summed E-state index contributed by atoms with van der Waals surface area (Å²) in [5.41, 5.74) is -2.42. The molecule has 0 bridgehead atoms. The van der Waals surface area contributed by atoms with E-state index in [1.165, 1.54) is 34.9 Å². The summed E-state index contributed by atoms with van der Waals surface area (Å²) in [6, 6.07) is 4.00. The lowest BCUT2D eigenvalue weighted by atomic mass is 9.74. The van der Waals surface area contributed by atoms with Crippen LogP contribution in [-0.2, 0) is 10.3 Å². The molecule has 2 aromatic rings. The van der Waals surface area contributed by atoms with E-state index in [4.69, 9.17) is 9.73 Å². The molecule has 0 spiro atoms. The molecule has 2 N–H and O–H groups in total. The number of hydrogen-bond acceptors (Lipinski definition) is 7. The molecule has 38 heavy (non-hydrogen) atoms. The molecule has 0 aliphatic carbocycles. The van der Waals surface area contributed by atoms with Gasteiger partial charge in [-0.1, -0.05) is 18.7 Å². The molecular weight excluding hydrogens is 523 g/mol. The smallest absolute Gasteiger partial charge is 0.413 e. The average Bonchev–Trinajstić information content (AvgIpc) is 2.84. The summed E-state index contributed by atoms with van der Waals surface area (Å²) in [5, 5.41) is 12.7. The molecule has 2 aliphatic heterocycles. The van der Waals surface area contributed by atoms with Crippen LogP contribution in [0.15, 0.2) is 35.6 Å². The van der Waals surface area contributed by atoms with Crippen molar-refractivity contribution in [1.29, 1.82) is 0 Å². The van der Waals surface area contributed by atoms with Gasteiger partial charge >= 0.3 is 6.09 Å². The minimum Gasteiger partial charge on any atom is -0.465 e. The summed E-state index contributed by atoms with van der Waals surface area (Å²) < 4.78 is 46.8. The van der Waals surface area contributed by atoms with E-state index < -0.39 is 41.0 Å². The second-order valence-electron chi connectivity index (χ2n) is 10.2. The monoisotopic (exact) mass is 551 g/mol. The Labute approximate surface area is 221 Å². The number of amidine groups is 1. The van der Waals surface area contributed by atoms with E-state index in [2.05, 4.69) is 15.3 Å². The molecule has 3 heterocycles. The number of alkyl halides is 2. The first-order chi connectivity index (χ1) is 17.8. The number of anilines is 1. The molecule has 1 aromatic carbocycles. The van der Waals surface area contributed by atoms with Gasteiger partial charge in [0.25, 0.3) is 12.3 Å². The Morgan fingerprint density at radius 2 is 2.00 bits per heavy atom. The summed E-state index contributed by atoms with van der Waals surface area (Å²) in [6.07, 6.45) is -1.66. The number of rotatable bonds is 4. The van der Waals surface area contributed by atoms with Crippen LogP contribution in [0.25, 0.3) is 0 Å². The van der Waals surface area contributed by atoms with Crippen molar-refractivity contribution in [3.63, 3.8) is 0 Å². The first-order valence-corrected chi connectivity index (χ1v) is 12.8. The highest BCUT2D eigenvalue weighted by Crippen LogP contribution is 2.50. The van der Waals surface area contributed by atoms with Gasteiger partial charge < -0.3 is 15.2 Å². The van der Waals surface area contributed by atoms with Crippen molar-refractivity contribution in [1.82, 2.24) is 14.9 Å². The van der Waals surface area contributed by atoms with Crippen LogP contribution in [-0.4, -0.2) is 61.1 Å². The minimum atomic E-state index is -2.82. The normalized spacial score (nSPS) is 23.4. The molecule has 1 aromatic heterocycles. The highest BCUT2D eigenvalue weighted by atomic mass is 32.2. The quantitative estimate of drug-likeness (QED) is 0.529. The van der Waals surface area contributed by atoms with Gasteiger partial charge in [0, 0.05) is 34.6 Å². The second-order valence-corrected chi connectivity index (χ2v) is 11.5. The van der Waals surface area contributed by atoms with Crippen molar-refractivity contribution in [2.75, 3.05) is 18.5 Å². The Hall–Kier alpha value is -3.19. The van der Waals surface area contributed by atoms with Crippen molar-refractivity contribution in [2.45, 2.75) is 56.9 Å². The highest BCUT2D eigenvalue weighted by molar-refractivity contribution is 8.14. The largest absolute Gasteiger partial charge is 0.465 e. The highest BCUT2D eigenvalue weighted by Gasteiger charge is 2.52. The number of aliphatic imine (C=N–C) groups is 1. The van der Waals surface area contributed by atoms with Crippen LogP contribution >= 0.6 is 11.8 Å². The predicted octanol–water partition coefficient (Wildman–Crippen LogP) is 5.31. The SMILES string of the molecule is CC1SC(N(C(=O)O)C(C)(C)C)=N[C@@]2(c3cc(NC(=O)c4cnc(C(F)F)cn4)ccc3F)COCC[C@@H]12. The Balaban J connectivity index is 1.75. The number of hydrogen-bond donors (Lipinski definition) is 2. The van der Waals surface area contributed by atoms with Crippen LogP contribution in [0.3, 0.4) is 0 Å². The maximum absolute atomic E-state index is 15.5. The number of thioether (sulfide) groups is 1. The number of amides is 2. The minimum absolute atomic E-state index is 0.0263. The van der Waals surface area contributed by atoms with Gasteiger partial charge in [-0.15, -0.1) is 0 Å². The topological polar surface area (TPSA) is 117 Å². The lowest BCUT2D eigenvalue weighted by molar-refractivity contribution is -0.00509. The third-order valence-corrected chi connectivity index (χ3v) is 7.72. The number of nitrogens with one attached hydrogen (secondary N) is 1. The summed E-state index contributed by atoms with van der Waals surface area (Å²) in [6.45, 7) is 7.68. The van der Waals surface area contributed by atoms with Crippen molar-refractivity contribution < 1.29 is 32.6 Å². The summed E-state index contributed by atoms with van der Waals surface area (Å²) in [7, 11) is 0. The Morgan fingerprint density at radius 3 is 2.61 bits per heavy atom. The van der Waals surface area contributed by atoms with E-state index in [1.807, 2.05) is 6.92 Å². The zero-order chi connectivity index (χ0) is 27.8. The second kappa shape index (κ2) is 10.5. The molecule has 3 atom stereocenters. The van der Waals surface area contributed by atoms with Gasteiger partial charge in [0.05, 0.1) is 19.0 Å². The molecular formula is C25H28F3N5O4S. The summed E-state index contributed by atoms with van der Waals surface area (Å²) in [4.78, 5) is 38.2.